The van der Waals surface area contributed by atoms with Crippen LogP contribution in [0.4, 0.5) is 0 Å². The summed E-state index contributed by atoms with van der Waals surface area (Å²) in [5, 5.41) is 24.3. The summed E-state index contributed by atoms with van der Waals surface area (Å²) < 4.78 is 6.58. The predicted molar refractivity (Wildman–Crippen MR) is 159 cm³/mol. The third kappa shape index (κ3) is 4.45. The Balaban J connectivity index is 1.14. The number of amides is 2. The Kier molecular flexibility index (Phi) is 7.08. The van der Waals surface area contributed by atoms with Crippen molar-refractivity contribution in [3.8, 4) is 5.75 Å². The fraction of sp³-hybridized carbons (Fsp3) is 0.486. The minimum Gasteiger partial charge on any atom is -0.507 e. The van der Waals surface area contributed by atoms with Gasteiger partial charge < -0.3 is 14.9 Å². The maximum absolute atomic E-state index is 14.2. The molecular weight excluding hydrogens is 528 g/mol. The second-order valence-electron chi connectivity index (χ2n) is 12.8. The second kappa shape index (κ2) is 10.8. The number of fused-ring (bicyclic) bond motifs is 4. The summed E-state index contributed by atoms with van der Waals surface area (Å²) in [5.74, 6) is -3.07. The van der Waals surface area contributed by atoms with Crippen molar-refractivity contribution in [3.63, 3.8) is 0 Å². The molecule has 0 bridgehead atoms. The summed E-state index contributed by atoms with van der Waals surface area (Å²) in [7, 11) is 0. The van der Waals surface area contributed by atoms with Crippen molar-refractivity contribution in [3.05, 3.63) is 77.9 Å². The number of phenols is 1. The van der Waals surface area contributed by atoms with Crippen molar-refractivity contribution < 1.29 is 24.5 Å². The van der Waals surface area contributed by atoms with Gasteiger partial charge in [0.05, 0.1) is 17.9 Å². The highest BCUT2D eigenvalue weighted by Crippen LogP contribution is 2.60. The summed E-state index contributed by atoms with van der Waals surface area (Å²) in [4.78, 5) is 32.1. The van der Waals surface area contributed by atoms with Gasteiger partial charge in [0.15, 0.2) is 5.79 Å². The number of carbonyl (C=O) groups is 2. The molecule has 4 fully saturated rings. The first-order chi connectivity index (χ1) is 20.4. The molecule has 7 rings (SSSR count). The number of carbonyl (C=O) groups excluding carboxylic acids is 2. The second-order valence-corrected chi connectivity index (χ2v) is 12.8. The average molecular weight is 569 g/mol. The van der Waals surface area contributed by atoms with Crippen LogP contribution >= 0.6 is 0 Å². The number of rotatable bonds is 6. The number of hydrogen-bond donors (Lipinski definition) is 2. The van der Waals surface area contributed by atoms with Gasteiger partial charge in [-0.25, -0.2) is 0 Å². The van der Waals surface area contributed by atoms with E-state index in [0.717, 1.165) is 61.7 Å². The molecule has 0 spiro atoms. The number of imide groups is 1. The van der Waals surface area contributed by atoms with E-state index in [0.29, 0.717) is 12.8 Å². The first-order valence-corrected chi connectivity index (χ1v) is 15.6. The fourth-order valence-electron chi connectivity index (χ4n) is 8.50. The number of nitrogens with zero attached hydrogens (tertiary/aromatic N) is 2. The van der Waals surface area contributed by atoms with Gasteiger partial charge in [-0.15, -0.1) is 0 Å². The maximum atomic E-state index is 14.2. The van der Waals surface area contributed by atoms with Crippen LogP contribution in [0.5, 0.6) is 5.75 Å². The summed E-state index contributed by atoms with van der Waals surface area (Å²) in [6, 6.07) is 21.5. The minimum absolute atomic E-state index is 0.0480. The third-order valence-electron chi connectivity index (χ3n) is 10.5. The van der Waals surface area contributed by atoms with Crippen LogP contribution in [0.15, 0.2) is 66.7 Å². The molecule has 3 aliphatic heterocycles. The molecule has 1 aliphatic carbocycles. The molecule has 220 valence electrons. The van der Waals surface area contributed by atoms with E-state index < -0.39 is 29.6 Å². The van der Waals surface area contributed by atoms with Gasteiger partial charge in [-0.05, 0) is 54.7 Å². The van der Waals surface area contributed by atoms with Gasteiger partial charge in [-0.1, -0.05) is 74.0 Å². The Bertz CT molecular complexity index is 1490. The van der Waals surface area contributed by atoms with Crippen LogP contribution in [0.2, 0.25) is 0 Å². The highest BCUT2D eigenvalue weighted by atomic mass is 16.6. The van der Waals surface area contributed by atoms with Crippen molar-refractivity contribution >= 4 is 22.6 Å². The number of aliphatic hydroxyl groups is 1. The lowest BCUT2D eigenvalue weighted by atomic mass is 9.63. The number of benzene rings is 3. The first-order valence-electron chi connectivity index (χ1n) is 15.6. The summed E-state index contributed by atoms with van der Waals surface area (Å²) >= 11 is 0. The van der Waals surface area contributed by atoms with E-state index in [9.17, 15) is 19.8 Å². The fourth-order valence-corrected chi connectivity index (χ4v) is 8.50. The van der Waals surface area contributed by atoms with E-state index in [-0.39, 0.29) is 29.5 Å². The van der Waals surface area contributed by atoms with Crippen LogP contribution in [-0.4, -0.2) is 56.7 Å². The summed E-state index contributed by atoms with van der Waals surface area (Å²) in [6.07, 6.45) is 3.65. The third-order valence-corrected chi connectivity index (χ3v) is 10.5. The molecule has 6 atom stereocenters. The number of hydrogen-bond acceptors (Lipinski definition) is 6. The lowest BCUT2D eigenvalue weighted by Gasteiger charge is -2.44. The molecule has 1 saturated carbocycles. The van der Waals surface area contributed by atoms with E-state index >= 15 is 0 Å². The zero-order valence-electron chi connectivity index (χ0n) is 24.2. The Morgan fingerprint density at radius 3 is 2.36 bits per heavy atom. The number of piperidine rings is 1. The molecule has 42 heavy (non-hydrogen) atoms. The Morgan fingerprint density at radius 2 is 1.62 bits per heavy atom. The monoisotopic (exact) mass is 568 g/mol. The molecule has 3 heterocycles. The minimum atomic E-state index is -1.47. The quantitative estimate of drug-likeness (QED) is 0.387. The first kappa shape index (κ1) is 27.6. The smallest absolute Gasteiger partial charge is 0.233 e. The Morgan fingerprint density at radius 1 is 0.905 bits per heavy atom. The Hall–Kier alpha value is -3.26. The summed E-state index contributed by atoms with van der Waals surface area (Å²) in [5.41, 5.74) is 2.17. The van der Waals surface area contributed by atoms with E-state index in [4.69, 9.17) is 4.74 Å². The highest BCUT2D eigenvalue weighted by Gasteiger charge is 2.67. The van der Waals surface area contributed by atoms with E-state index in [1.807, 2.05) is 36.4 Å². The lowest BCUT2D eigenvalue weighted by Crippen LogP contribution is -2.53. The van der Waals surface area contributed by atoms with Gasteiger partial charge in [0, 0.05) is 42.9 Å². The molecule has 3 saturated heterocycles. The van der Waals surface area contributed by atoms with E-state index in [1.165, 1.54) is 5.56 Å². The molecule has 2 amide bonds. The Labute approximate surface area is 247 Å². The SMILES string of the molecule is CCC[C@H]1C[C@@H]2C(=O)N(C3CCN(Cc4ccccc4)CC3)C(=O)[C@@H]2[C@@H]2C[C@@H](c3ccc(O)c4ccccc34)O[C@]12O. The number of aromatic hydroxyl groups is 1. The van der Waals surface area contributed by atoms with Crippen molar-refractivity contribution in [2.24, 2.45) is 23.7 Å². The van der Waals surface area contributed by atoms with Crippen LogP contribution in [-0.2, 0) is 20.9 Å². The zero-order valence-corrected chi connectivity index (χ0v) is 24.2. The van der Waals surface area contributed by atoms with Crippen LogP contribution in [0.3, 0.4) is 0 Å². The van der Waals surface area contributed by atoms with Crippen LogP contribution in [0.1, 0.15) is 62.7 Å². The zero-order chi connectivity index (χ0) is 29.0. The molecule has 3 aromatic carbocycles. The van der Waals surface area contributed by atoms with Gasteiger partial charge >= 0.3 is 0 Å². The highest BCUT2D eigenvalue weighted by molar-refractivity contribution is 6.06. The van der Waals surface area contributed by atoms with Crippen LogP contribution in [0.25, 0.3) is 10.8 Å². The molecular formula is C35H40N2O5. The van der Waals surface area contributed by atoms with Gasteiger partial charge in [-0.2, -0.15) is 0 Å². The van der Waals surface area contributed by atoms with Crippen molar-refractivity contribution in [1.82, 2.24) is 9.80 Å². The molecule has 2 N–H and O–H groups in total. The standard InChI is InChI=1S/C35H40N2O5/c1-2-8-23-19-28-32(29-20-31(42-35(23,29)41)27-13-14-30(38)26-12-7-6-11-25(26)27)34(40)37(33(28)39)24-15-17-36(18-16-24)21-22-9-4-3-5-10-22/h3-7,9-14,23-24,28-29,31-32,38,41H,2,8,15-21H2,1H3/t23-,28-,29-,31-,32-,35+/m0/s1. The van der Waals surface area contributed by atoms with Crippen molar-refractivity contribution in [2.75, 3.05) is 13.1 Å². The molecule has 3 aromatic rings. The molecule has 0 unspecified atom stereocenters. The topological polar surface area (TPSA) is 90.3 Å². The molecule has 7 heteroatoms. The van der Waals surface area contributed by atoms with Crippen molar-refractivity contribution in [1.29, 1.82) is 0 Å². The molecule has 7 nitrogen and oxygen atoms in total. The number of likely N-dealkylation sites (tertiary alicyclic amines) is 2. The maximum Gasteiger partial charge on any atom is 0.233 e. The molecule has 4 aliphatic rings. The van der Waals surface area contributed by atoms with Gasteiger partial charge in [0.2, 0.25) is 11.8 Å². The van der Waals surface area contributed by atoms with Gasteiger partial charge in [0.25, 0.3) is 0 Å². The van der Waals surface area contributed by atoms with Crippen LogP contribution < -0.4 is 0 Å². The molecule has 0 radical (unpaired) electrons. The van der Waals surface area contributed by atoms with Crippen LogP contribution in [0, 0.1) is 23.7 Å². The van der Waals surface area contributed by atoms with Gasteiger partial charge in [-0.3, -0.25) is 19.4 Å². The normalized spacial score (nSPS) is 32.0. The van der Waals surface area contributed by atoms with Gasteiger partial charge in [0.1, 0.15) is 5.75 Å². The predicted octanol–water partition coefficient (Wildman–Crippen LogP) is 5.40. The average Bonchev–Trinajstić information content (AvgIpc) is 3.48. The van der Waals surface area contributed by atoms with E-state index in [1.54, 1.807) is 11.0 Å². The lowest BCUT2D eigenvalue weighted by molar-refractivity contribution is -0.270. The number of phenolic OH excluding ortho intramolecular Hbond substituents is 1. The van der Waals surface area contributed by atoms with Crippen molar-refractivity contribution in [2.45, 2.75) is 69.9 Å². The molecule has 0 aromatic heterocycles. The largest absolute Gasteiger partial charge is 0.507 e. The summed E-state index contributed by atoms with van der Waals surface area (Å²) in [6.45, 7) is 4.65. The van der Waals surface area contributed by atoms with E-state index in [2.05, 4.69) is 36.1 Å². The number of ether oxygens (including phenoxy) is 1.